The number of nitrogens with one attached hydrogen (secondary N) is 1. The number of aliphatic imine (C=N–C) groups is 1. The van der Waals surface area contributed by atoms with Crippen molar-refractivity contribution in [2.75, 3.05) is 12.4 Å². The Bertz CT molecular complexity index is 1300. The Kier molecular flexibility index (Phi) is 6.28. The fourth-order valence-electron chi connectivity index (χ4n) is 4.04. The number of Topliss-reactive ketones (excluding diaryl/α,β-unsaturated/α-hetero) is 1. The van der Waals surface area contributed by atoms with Gasteiger partial charge in [0.15, 0.2) is 17.4 Å². The number of ketones is 1. The Balaban J connectivity index is 1.51. The van der Waals surface area contributed by atoms with Crippen LogP contribution in [0.3, 0.4) is 0 Å². The molecule has 0 saturated heterocycles. The molecule has 7 heteroatoms. The molecule has 1 aliphatic heterocycles. The third-order valence-corrected chi connectivity index (χ3v) is 5.68. The highest BCUT2D eigenvalue weighted by molar-refractivity contribution is 6.17. The molecule has 0 saturated carbocycles. The molecule has 1 N–H and O–H groups in total. The van der Waals surface area contributed by atoms with Crippen molar-refractivity contribution in [2.24, 2.45) is 4.99 Å². The summed E-state index contributed by atoms with van der Waals surface area (Å²) in [6.07, 6.45) is 0.883. The maximum absolute atomic E-state index is 13.9. The Morgan fingerprint density at radius 2 is 1.79 bits per heavy atom. The summed E-state index contributed by atoms with van der Waals surface area (Å²) in [6, 6.07) is 15.5. The number of carbonyl (C=O) groups excluding carboxylic acids is 2. The van der Waals surface area contributed by atoms with Gasteiger partial charge in [0.05, 0.1) is 30.3 Å². The van der Waals surface area contributed by atoms with E-state index in [0.29, 0.717) is 22.7 Å². The van der Waals surface area contributed by atoms with E-state index in [1.54, 1.807) is 31.4 Å². The van der Waals surface area contributed by atoms with Crippen molar-refractivity contribution in [3.8, 4) is 5.75 Å². The second kappa shape index (κ2) is 9.17. The zero-order valence-corrected chi connectivity index (χ0v) is 19.1. The van der Waals surface area contributed by atoms with Gasteiger partial charge in [0.1, 0.15) is 5.75 Å². The first kappa shape index (κ1) is 23.3. The number of anilines is 1. The van der Waals surface area contributed by atoms with Crippen LogP contribution < -0.4 is 10.1 Å². The summed E-state index contributed by atoms with van der Waals surface area (Å²) in [5.74, 6) is -2.50. The first-order valence-electron chi connectivity index (χ1n) is 10.8. The van der Waals surface area contributed by atoms with Crippen LogP contribution in [0.2, 0.25) is 0 Å². The normalized spacial score (nSPS) is 14.1. The zero-order chi connectivity index (χ0) is 24.5. The number of fused-ring (bicyclic) bond motifs is 1. The first-order valence-corrected chi connectivity index (χ1v) is 10.8. The number of amides is 1. The number of hydrogen-bond donors (Lipinski definition) is 1. The van der Waals surface area contributed by atoms with Crippen LogP contribution in [0, 0.1) is 11.6 Å². The van der Waals surface area contributed by atoms with Gasteiger partial charge in [0.25, 0.3) is 5.91 Å². The van der Waals surface area contributed by atoms with Crippen molar-refractivity contribution >= 4 is 23.1 Å². The molecule has 1 aliphatic rings. The first-order chi connectivity index (χ1) is 16.2. The van der Waals surface area contributed by atoms with Gasteiger partial charge in [-0.1, -0.05) is 12.1 Å². The van der Waals surface area contributed by atoms with Crippen molar-refractivity contribution in [2.45, 2.75) is 32.2 Å². The predicted molar refractivity (Wildman–Crippen MR) is 127 cm³/mol. The van der Waals surface area contributed by atoms with Crippen molar-refractivity contribution in [1.82, 2.24) is 0 Å². The maximum atomic E-state index is 13.9. The molecule has 3 aromatic rings. The van der Waals surface area contributed by atoms with Crippen LogP contribution in [-0.2, 0) is 6.42 Å². The number of methoxy groups -OCH3 is 1. The van der Waals surface area contributed by atoms with Gasteiger partial charge < -0.3 is 10.1 Å². The highest BCUT2D eigenvalue weighted by atomic mass is 19.2. The molecule has 174 valence electrons. The minimum atomic E-state index is -1.21. The van der Waals surface area contributed by atoms with Crippen molar-refractivity contribution < 1.29 is 23.1 Å². The van der Waals surface area contributed by atoms with Crippen molar-refractivity contribution in [3.63, 3.8) is 0 Å². The van der Waals surface area contributed by atoms with Gasteiger partial charge in [0.2, 0.25) is 0 Å². The Morgan fingerprint density at radius 3 is 2.50 bits per heavy atom. The Hall–Kier alpha value is -3.87. The summed E-state index contributed by atoms with van der Waals surface area (Å²) in [7, 11) is 1.60. The molecule has 0 atom stereocenters. The van der Waals surface area contributed by atoms with E-state index in [4.69, 9.17) is 9.73 Å². The van der Waals surface area contributed by atoms with Gasteiger partial charge >= 0.3 is 0 Å². The Morgan fingerprint density at radius 1 is 1.06 bits per heavy atom. The summed E-state index contributed by atoms with van der Waals surface area (Å²) < 4.78 is 32.6. The van der Waals surface area contributed by atoms with E-state index in [0.717, 1.165) is 23.6 Å². The van der Waals surface area contributed by atoms with Crippen molar-refractivity contribution in [3.05, 3.63) is 94.6 Å². The lowest BCUT2D eigenvalue weighted by Gasteiger charge is -2.29. The molecule has 34 heavy (non-hydrogen) atoms. The largest absolute Gasteiger partial charge is 0.497 e. The molecule has 0 bridgehead atoms. The summed E-state index contributed by atoms with van der Waals surface area (Å²) in [6.45, 7) is 4.06. The molecule has 3 aromatic carbocycles. The van der Waals surface area contributed by atoms with E-state index in [1.165, 1.54) is 12.1 Å². The summed E-state index contributed by atoms with van der Waals surface area (Å²) in [5.41, 5.74) is 2.82. The molecule has 0 aromatic heterocycles. The number of benzene rings is 3. The molecule has 0 radical (unpaired) electrons. The highest BCUT2D eigenvalue weighted by Gasteiger charge is 2.28. The summed E-state index contributed by atoms with van der Waals surface area (Å²) in [5, 5.41) is 2.52. The van der Waals surface area contributed by atoms with E-state index < -0.39 is 23.1 Å². The van der Waals surface area contributed by atoms with Crippen LogP contribution >= 0.6 is 0 Å². The monoisotopic (exact) mass is 462 g/mol. The van der Waals surface area contributed by atoms with Crippen molar-refractivity contribution in [1.29, 1.82) is 0 Å². The van der Waals surface area contributed by atoms with Crippen LogP contribution in [-0.4, -0.2) is 30.1 Å². The lowest BCUT2D eigenvalue weighted by atomic mass is 9.85. The van der Waals surface area contributed by atoms with Crippen LogP contribution in [0.1, 0.15) is 52.1 Å². The average molecular weight is 462 g/mol. The number of hydrogen-bond acceptors (Lipinski definition) is 4. The van der Waals surface area contributed by atoms with Gasteiger partial charge in [-0.05, 0) is 74.4 Å². The molecule has 1 heterocycles. The quantitative estimate of drug-likeness (QED) is 0.484. The number of halogens is 2. The van der Waals surface area contributed by atoms with Crippen LogP contribution in [0.25, 0.3) is 0 Å². The lowest BCUT2D eigenvalue weighted by Crippen LogP contribution is -2.30. The minimum absolute atomic E-state index is 0.115. The zero-order valence-electron chi connectivity index (χ0n) is 19.1. The van der Waals surface area contributed by atoms with E-state index in [2.05, 4.69) is 5.32 Å². The van der Waals surface area contributed by atoms with Gasteiger partial charge in [-0.25, -0.2) is 8.78 Å². The summed E-state index contributed by atoms with van der Waals surface area (Å²) in [4.78, 5) is 30.1. The van der Waals surface area contributed by atoms with Gasteiger partial charge in [0, 0.05) is 16.8 Å². The fourth-order valence-corrected chi connectivity index (χ4v) is 4.04. The number of carbonyl (C=O) groups is 2. The van der Waals surface area contributed by atoms with E-state index >= 15 is 0 Å². The molecule has 0 unspecified atom stereocenters. The van der Waals surface area contributed by atoms with Gasteiger partial charge in [-0.15, -0.1) is 0 Å². The predicted octanol–water partition coefficient (Wildman–Crippen LogP) is 5.62. The number of nitrogens with zero attached hydrogens (tertiary/aromatic N) is 1. The molecule has 1 amide bonds. The molecule has 0 fully saturated rings. The molecule has 0 aliphatic carbocycles. The standard InChI is InChI=1S/C27H24F2N2O3/c1-27(2)15-17-9-12-19(34-3)13-21(17)23(31-27)14-24(32)16-7-10-18(11-8-16)30-26(33)20-5-4-6-22(28)25(20)29/h4-13H,14-15H2,1-3H3,(H,30,33). The number of ether oxygens (including phenoxy) is 1. The molecule has 0 spiro atoms. The highest BCUT2D eigenvalue weighted by Crippen LogP contribution is 2.31. The van der Waals surface area contributed by atoms with Crippen LogP contribution in [0.5, 0.6) is 5.75 Å². The smallest absolute Gasteiger partial charge is 0.258 e. The van der Waals surface area contributed by atoms with E-state index in [-0.39, 0.29) is 17.7 Å². The van der Waals surface area contributed by atoms with Crippen LogP contribution in [0.4, 0.5) is 14.5 Å². The molecular weight excluding hydrogens is 438 g/mol. The minimum Gasteiger partial charge on any atom is -0.497 e. The number of rotatable bonds is 6. The van der Waals surface area contributed by atoms with E-state index in [1.807, 2.05) is 32.0 Å². The average Bonchev–Trinajstić information content (AvgIpc) is 2.80. The third-order valence-electron chi connectivity index (χ3n) is 5.68. The van der Waals surface area contributed by atoms with Crippen LogP contribution in [0.15, 0.2) is 65.7 Å². The molecule has 4 rings (SSSR count). The lowest BCUT2D eigenvalue weighted by molar-refractivity contribution is 0.0998. The van der Waals surface area contributed by atoms with E-state index in [9.17, 15) is 18.4 Å². The van der Waals surface area contributed by atoms with Gasteiger partial charge in [-0.3, -0.25) is 14.6 Å². The molecule has 5 nitrogen and oxygen atoms in total. The topological polar surface area (TPSA) is 67.8 Å². The second-order valence-corrected chi connectivity index (χ2v) is 8.80. The Labute approximate surface area is 196 Å². The second-order valence-electron chi connectivity index (χ2n) is 8.80. The third kappa shape index (κ3) is 4.88. The fraction of sp³-hybridized carbons (Fsp3) is 0.222. The SMILES string of the molecule is COc1ccc2c(c1)C(CC(=O)c1ccc(NC(=O)c3cccc(F)c3F)cc1)=NC(C)(C)C2. The van der Waals surface area contributed by atoms with Gasteiger partial charge in [-0.2, -0.15) is 0 Å². The molecular formula is C27H24F2N2O3. The summed E-state index contributed by atoms with van der Waals surface area (Å²) >= 11 is 0. The maximum Gasteiger partial charge on any atom is 0.258 e.